The van der Waals surface area contributed by atoms with Crippen molar-refractivity contribution in [2.75, 3.05) is 33.0 Å². The molecule has 0 amide bonds. The zero-order valence-corrected chi connectivity index (χ0v) is 96.2. The Kier molecular flexibility index (Phi) is 38.5. The highest BCUT2D eigenvalue weighted by Gasteiger charge is 2.68. The minimum Gasteiger partial charge on any atom is -0.465 e. The van der Waals surface area contributed by atoms with Crippen molar-refractivity contribution in [1.29, 1.82) is 0 Å². The molecule has 0 aromatic heterocycles. The number of fused-ring (bicyclic) bond motifs is 24. The number of carbonyl (C=O) groups excluding carboxylic acids is 6. The number of esters is 6. The van der Waals surface area contributed by atoms with Gasteiger partial charge in [-0.3, -0.25) is 28.8 Å². The van der Waals surface area contributed by atoms with E-state index in [0.717, 1.165) is 273 Å². The molecule has 18 heteroatoms. The van der Waals surface area contributed by atoms with Crippen molar-refractivity contribution < 1.29 is 85.6 Å². The molecular formula is C127H212O18. The molecule has 0 aromatic rings. The molecule has 44 unspecified atom stereocenters. The second kappa shape index (κ2) is 48.9. The number of hydrogen-bond donors (Lipinski definition) is 0. The van der Waals surface area contributed by atoms with E-state index in [9.17, 15) is 28.8 Å². The molecule has 0 radical (unpaired) electrons. The molecule has 23 fully saturated rings. The minimum absolute atomic E-state index is 0.0231. The van der Waals surface area contributed by atoms with Gasteiger partial charge in [0.25, 0.3) is 0 Å². The van der Waals surface area contributed by atoms with Crippen LogP contribution in [0, 0.1) is 213 Å². The lowest BCUT2D eigenvalue weighted by molar-refractivity contribution is -0.169. The van der Waals surface area contributed by atoms with Crippen LogP contribution in [0.1, 0.15) is 442 Å². The predicted molar refractivity (Wildman–Crippen MR) is 572 cm³/mol. The zero-order chi connectivity index (χ0) is 104. The summed E-state index contributed by atoms with van der Waals surface area (Å²) in [5, 5.41) is 0. The molecule has 0 spiro atoms. The predicted octanol–water partition coefficient (Wildman–Crippen LogP) is 28.6. The van der Waals surface area contributed by atoms with E-state index in [1.165, 1.54) is 141 Å². The number of hydrogen-bond acceptors (Lipinski definition) is 18. The van der Waals surface area contributed by atoms with E-state index in [4.69, 9.17) is 56.8 Å². The van der Waals surface area contributed by atoms with Gasteiger partial charge in [0.15, 0.2) is 0 Å². The van der Waals surface area contributed by atoms with Gasteiger partial charge in [-0.25, -0.2) is 0 Å². The van der Waals surface area contributed by atoms with Crippen LogP contribution in [0.15, 0.2) is 0 Å². The Morgan fingerprint density at radius 2 is 0.538 bits per heavy atom. The smallest absolute Gasteiger partial charge is 0.312 e. The van der Waals surface area contributed by atoms with Gasteiger partial charge in [-0.15, -0.1) is 0 Å². The average molecular weight is 2030 g/mol. The molecule has 44 atom stereocenters. The van der Waals surface area contributed by atoms with Gasteiger partial charge in [0.2, 0.25) is 0 Å². The van der Waals surface area contributed by atoms with Crippen LogP contribution in [0.3, 0.4) is 0 Å². The topological polar surface area (TPSA) is 213 Å². The first-order valence-electron chi connectivity index (χ1n) is 62.8. The molecule has 8 saturated heterocycles. The summed E-state index contributed by atoms with van der Waals surface area (Å²) in [6.45, 7) is 57.0. The molecule has 18 nitrogen and oxygen atoms in total. The van der Waals surface area contributed by atoms with Crippen LogP contribution in [0.25, 0.3) is 0 Å². The summed E-state index contributed by atoms with van der Waals surface area (Å²) in [5.74, 6) is 24.8. The fourth-order valence-corrected chi connectivity index (χ4v) is 39.3. The Balaban J connectivity index is 0.000000120. The summed E-state index contributed by atoms with van der Waals surface area (Å²) in [7, 11) is 0. The quantitative estimate of drug-likeness (QED) is 0.0581. The second-order valence-corrected chi connectivity index (χ2v) is 53.7. The molecule has 0 N–H and O–H groups in total. The first-order valence-corrected chi connectivity index (χ1v) is 62.8. The van der Waals surface area contributed by atoms with Crippen LogP contribution in [-0.2, 0) is 85.6 Å². The number of rotatable bonds is 26. The summed E-state index contributed by atoms with van der Waals surface area (Å²) in [6.07, 6.45) is 53.8. The lowest BCUT2D eigenvalue weighted by Gasteiger charge is -2.37. The van der Waals surface area contributed by atoms with E-state index < -0.39 is 0 Å². The van der Waals surface area contributed by atoms with Crippen molar-refractivity contribution in [1.82, 2.24) is 0 Å². The highest BCUT2D eigenvalue weighted by atomic mass is 16.6. The minimum atomic E-state index is -0.343. The van der Waals surface area contributed by atoms with Crippen LogP contribution in [0.5, 0.6) is 0 Å². The van der Waals surface area contributed by atoms with Gasteiger partial charge < -0.3 is 56.8 Å². The molecule has 8 heterocycles. The van der Waals surface area contributed by atoms with Gasteiger partial charge in [-0.2, -0.15) is 0 Å². The highest BCUT2D eigenvalue weighted by molar-refractivity contribution is 5.78. The lowest BCUT2D eigenvalue weighted by atomic mass is 9.70. The molecule has 23 rings (SSSR count). The Morgan fingerprint density at radius 1 is 0.283 bits per heavy atom. The Bertz CT molecular complexity index is 3880. The standard InChI is InChI=1S/3C22H36O2.C19H32O2.C12H22O2.2C10H16O3.C10H18O2/c3*1-4-14-11-15(5-2)20-17-12-16(19(14)20)13-18(17)21(23)24-22(6-3)9-7-8-10-22;1-6-11-8-12(7-2)17-14-9-13(16(11)17)10-15(14)18(20)21-19(3,4)5;1-5-9-8-7-13-12(3,4)11(8)10(6-2)14-9;2*1-3-7-6-5-12-10(11)9(6)8(4-2)13-7;1-3-9-7-5-11-6-8(7)10(4-2)12-9/h3*14-20H,4-13H2,1-3H3;11-17H,6-10H2,1-5H3;8-11H,5-7H2,1-4H3;2*6-9H,3-5H2,1-2H3;7-10H,3-6H2,1-2H3. The first-order chi connectivity index (χ1) is 69.7. The molecule has 15 aliphatic carbocycles. The maximum atomic E-state index is 13.1. The lowest BCUT2D eigenvalue weighted by Crippen LogP contribution is -2.39. The van der Waals surface area contributed by atoms with E-state index in [2.05, 4.69) is 145 Å². The Morgan fingerprint density at radius 3 is 0.807 bits per heavy atom. The van der Waals surface area contributed by atoms with Gasteiger partial charge in [0, 0.05) is 35.5 Å². The van der Waals surface area contributed by atoms with Crippen molar-refractivity contribution in [3.63, 3.8) is 0 Å². The van der Waals surface area contributed by atoms with Crippen LogP contribution in [0.2, 0.25) is 0 Å². The van der Waals surface area contributed by atoms with Gasteiger partial charge in [-0.1, -0.05) is 183 Å². The molecule has 8 aliphatic heterocycles. The molecule has 8 bridgehead atoms. The van der Waals surface area contributed by atoms with Gasteiger partial charge in [-0.05, 0) is 401 Å². The highest BCUT2D eigenvalue weighted by Crippen LogP contribution is 2.71. The van der Waals surface area contributed by atoms with Gasteiger partial charge in [0.05, 0.1) is 123 Å². The summed E-state index contributed by atoms with van der Waals surface area (Å²) in [6, 6.07) is 0. The molecule has 23 aliphatic rings. The third-order valence-electron chi connectivity index (χ3n) is 46.1. The zero-order valence-electron chi connectivity index (χ0n) is 96.2. The number of cyclic esters (lactones) is 2. The Hall–Kier alpha value is -3.42. The van der Waals surface area contributed by atoms with Crippen LogP contribution in [-0.4, -0.2) is 146 Å². The van der Waals surface area contributed by atoms with Crippen molar-refractivity contribution in [3.05, 3.63) is 0 Å². The van der Waals surface area contributed by atoms with E-state index in [0.29, 0.717) is 96.8 Å². The SMILES string of the molecule is CCC1CC(CC)C2C3CC(CC3C(=O)OC(C)(C)C)C12.CCC1CC(CC)C2C3CC(CC3C(=O)OC3(CC)CCCC3)C12.CCC1CC(CC)C2C3CC(CC3C(=O)OC3(CC)CCCC3)C12.CCC1CC(CC)C2C3CC(CC3C(=O)OC3(CC)CCCC3)C12.CCC1OC(CC)C2C(=O)OCC12.CCC1OC(CC)C2C(=O)OCC12.CCC1OC(CC)C2C1COC2(C)C.CCC1OC(CC)C2COCC12. The summed E-state index contributed by atoms with van der Waals surface area (Å²) < 4.78 is 69.5. The largest absolute Gasteiger partial charge is 0.465 e. The van der Waals surface area contributed by atoms with Gasteiger partial charge >= 0.3 is 35.8 Å². The van der Waals surface area contributed by atoms with E-state index in [-0.39, 0.29) is 124 Å². The fraction of sp³-hybridized carbons (Fsp3) is 0.953. The summed E-state index contributed by atoms with van der Waals surface area (Å²) in [4.78, 5) is 74.5. The van der Waals surface area contributed by atoms with Gasteiger partial charge in [0.1, 0.15) is 22.4 Å². The molecule has 145 heavy (non-hydrogen) atoms. The van der Waals surface area contributed by atoms with Crippen LogP contribution >= 0.6 is 0 Å². The molecule has 0 aromatic carbocycles. The van der Waals surface area contributed by atoms with E-state index in [1.54, 1.807) is 0 Å². The van der Waals surface area contributed by atoms with E-state index in [1.807, 2.05) is 20.8 Å². The van der Waals surface area contributed by atoms with Crippen molar-refractivity contribution >= 4 is 35.8 Å². The third kappa shape index (κ3) is 22.7. The maximum Gasteiger partial charge on any atom is 0.312 e. The number of carbonyl (C=O) groups is 6. The molecule has 828 valence electrons. The van der Waals surface area contributed by atoms with Crippen molar-refractivity contribution in [2.45, 2.75) is 519 Å². The van der Waals surface area contributed by atoms with E-state index >= 15 is 0 Å². The Labute approximate surface area is 881 Å². The van der Waals surface area contributed by atoms with Crippen molar-refractivity contribution in [2.24, 2.45) is 213 Å². The summed E-state index contributed by atoms with van der Waals surface area (Å²) in [5.41, 5.74) is -0.641. The fourth-order valence-electron chi connectivity index (χ4n) is 39.3. The maximum absolute atomic E-state index is 13.1. The first kappa shape index (κ1) is 114. The molecule has 15 saturated carbocycles. The molecular weight excluding hydrogens is 1810 g/mol. The second-order valence-electron chi connectivity index (χ2n) is 53.7. The van der Waals surface area contributed by atoms with Crippen molar-refractivity contribution in [3.8, 4) is 0 Å². The summed E-state index contributed by atoms with van der Waals surface area (Å²) >= 11 is 0. The number of ether oxygens (including phenoxy) is 12. The van der Waals surface area contributed by atoms with Crippen LogP contribution in [0.4, 0.5) is 0 Å². The monoisotopic (exact) mass is 2030 g/mol. The third-order valence-corrected chi connectivity index (χ3v) is 46.1. The van der Waals surface area contributed by atoms with Crippen LogP contribution < -0.4 is 0 Å². The normalized spacial score (nSPS) is 45.1. The average Bonchev–Trinajstić information content (AvgIpc) is 1.56.